The average molecular weight is 569 g/mol. The van der Waals surface area contributed by atoms with Gasteiger partial charge in [-0.05, 0) is 22.3 Å². The second kappa shape index (κ2) is 12.2. The Kier molecular flexibility index (Phi) is 7.84. The van der Waals surface area contributed by atoms with Crippen molar-refractivity contribution >= 4 is 28.6 Å². The molecule has 0 unspecified atom stereocenters. The fourth-order valence-electron chi connectivity index (χ4n) is 5.65. The summed E-state index contributed by atoms with van der Waals surface area (Å²) in [6.07, 6.45) is 1.65. The number of anilines is 2. The molecule has 43 heavy (non-hydrogen) atoms. The van der Waals surface area contributed by atoms with Gasteiger partial charge < -0.3 is 15.8 Å². The molecule has 0 fully saturated rings. The van der Waals surface area contributed by atoms with Crippen LogP contribution in [-0.4, -0.2) is 34.5 Å². The molecule has 4 aromatic carbocycles. The quantitative estimate of drug-likeness (QED) is 0.176. The second-order valence-electron chi connectivity index (χ2n) is 10.2. The second-order valence-corrected chi connectivity index (χ2v) is 10.2. The Labute approximate surface area is 250 Å². The van der Waals surface area contributed by atoms with E-state index in [4.69, 9.17) is 15.6 Å². The van der Waals surface area contributed by atoms with Gasteiger partial charge in [0.1, 0.15) is 11.4 Å². The van der Waals surface area contributed by atoms with Gasteiger partial charge in [-0.15, -0.1) is 0 Å². The molecule has 4 N–H and O–H groups in total. The lowest BCUT2D eigenvalue weighted by Gasteiger charge is -2.37. The molecule has 0 saturated heterocycles. The third-order valence-corrected chi connectivity index (χ3v) is 7.57. The molecule has 214 valence electrons. The Morgan fingerprint density at radius 1 is 0.837 bits per heavy atom. The van der Waals surface area contributed by atoms with Crippen LogP contribution in [0.3, 0.4) is 0 Å². The topological polar surface area (TPSA) is 107 Å². The van der Waals surface area contributed by atoms with Crippen LogP contribution in [-0.2, 0) is 10.3 Å². The number of benzene rings is 4. The lowest BCUT2D eigenvalue weighted by Crippen LogP contribution is -2.38. The SMILES string of the molecule is COC[C@@H](NC(=O)Nc1cc2c(cn1)c(N)nn2C(c1ccccc1)(c1ccccc1)c1ccccc1)c1ccccc1. The van der Waals surface area contributed by atoms with Crippen molar-refractivity contribution in [2.45, 2.75) is 11.6 Å². The molecule has 2 aromatic heterocycles. The summed E-state index contributed by atoms with van der Waals surface area (Å²) in [5.74, 6) is 0.702. The Morgan fingerprint density at radius 2 is 1.35 bits per heavy atom. The zero-order chi connectivity index (χ0) is 29.6. The molecule has 0 saturated carbocycles. The number of carbonyl (C=O) groups is 1. The van der Waals surface area contributed by atoms with E-state index < -0.39 is 11.6 Å². The first-order chi connectivity index (χ1) is 21.1. The number of nitrogens with zero attached hydrogens (tertiary/aromatic N) is 3. The molecule has 2 amide bonds. The summed E-state index contributed by atoms with van der Waals surface area (Å²) in [7, 11) is 1.61. The lowest BCUT2D eigenvalue weighted by atomic mass is 9.77. The maximum atomic E-state index is 13.2. The number of nitrogens with one attached hydrogen (secondary N) is 2. The minimum atomic E-state index is -0.878. The smallest absolute Gasteiger partial charge is 0.320 e. The first-order valence-electron chi connectivity index (χ1n) is 14.0. The number of ether oxygens (including phenoxy) is 1. The van der Waals surface area contributed by atoms with E-state index in [1.165, 1.54) is 0 Å². The van der Waals surface area contributed by atoms with Crippen molar-refractivity contribution in [2.75, 3.05) is 24.8 Å². The van der Waals surface area contributed by atoms with E-state index in [0.29, 0.717) is 23.6 Å². The molecule has 0 aliphatic rings. The van der Waals surface area contributed by atoms with Gasteiger partial charge in [0.2, 0.25) is 0 Å². The van der Waals surface area contributed by atoms with Gasteiger partial charge in [-0.3, -0.25) is 5.32 Å². The van der Waals surface area contributed by atoms with Crippen LogP contribution in [0.2, 0.25) is 0 Å². The number of urea groups is 1. The molecule has 0 spiro atoms. The molecule has 0 aliphatic carbocycles. The molecule has 8 heteroatoms. The van der Waals surface area contributed by atoms with Crippen LogP contribution < -0.4 is 16.4 Å². The number of fused-ring (bicyclic) bond motifs is 1. The van der Waals surface area contributed by atoms with E-state index in [2.05, 4.69) is 52.0 Å². The van der Waals surface area contributed by atoms with Crippen LogP contribution in [0.5, 0.6) is 0 Å². The maximum absolute atomic E-state index is 13.2. The number of nitrogens with two attached hydrogens (primary N) is 1. The molecule has 6 aromatic rings. The van der Waals surface area contributed by atoms with Gasteiger partial charge in [0.25, 0.3) is 0 Å². The average Bonchev–Trinajstić information content (AvgIpc) is 3.38. The molecular formula is C35H32N6O2. The van der Waals surface area contributed by atoms with E-state index in [-0.39, 0.29) is 6.04 Å². The zero-order valence-electron chi connectivity index (χ0n) is 23.7. The Bertz CT molecular complexity index is 1710. The van der Waals surface area contributed by atoms with Crippen LogP contribution in [0.4, 0.5) is 16.4 Å². The largest absolute Gasteiger partial charge is 0.382 e. The molecule has 2 heterocycles. The fourth-order valence-corrected chi connectivity index (χ4v) is 5.65. The summed E-state index contributed by atoms with van der Waals surface area (Å²) < 4.78 is 7.31. The van der Waals surface area contributed by atoms with Gasteiger partial charge >= 0.3 is 6.03 Å². The maximum Gasteiger partial charge on any atom is 0.320 e. The Morgan fingerprint density at radius 3 is 1.86 bits per heavy atom. The number of nitrogen functional groups attached to an aromatic ring is 1. The highest BCUT2D eigenvalue weighted by Gasteiger charge is 2.40. The lowest BCUT2D eigenvalue weighted by molar-refractivity contribution is 0.168. The Balaban J connectivity index is 1.48. The summed E-state index contributed by atoms with van der Waals surface area (Å²) in [6, 6.07) is 41.4. The predicted molar refractivity (Wildman–Crippen MR) is 170 cm³/mol. The normalized spacial score (nSPS) is 12.1. The van der Waals surface area contributed by atoms with Gasteiger partial charge in [-0.2, -0.15) is 5.10 Å². The van der Waals surface area contributed by atoms with Crippen molar-refractivity contribution in [1.29, 1.82) is 0 Å². The highest BCUT2D eigenvalue weighted by molar-refractivity contribution is 5.94. The number of amides is 2. The van der Waals surface area contributed by atoms with Gasteiger partial charge in [-0.1, -0.05) is 121 Å². The standard InChI is InChI=1S/C35H32N6O2/c1-43-24-30(25-14-6-2-7-15-25)38-34(42)39-32-22-31-29(23-37-32)33(36)40-41(31)35(26-16-8-3-9-17-26,27-18-10-4-11-19-27)28-20-12-5-13-21-28/h2-23,30H,24H2,1H3,(H2,36,40)(H2,37,38,39,42)/t30-/m1/s1. The van der Waals surface area contributed by atoms with Crippen molar-refractivity contribution in [3.8, 4) is 0 Å². The highest BCUT2D eigenvalue weighted by Crippen LogP contribution is 2.43. The first-order valence-corrected chi connectivity index (χ1v) is 14.0. The molecule has 0 bridgehead atoms. The number of hydrogen-bond donors (Lipinski definition) is 3. The third kappa shape index (κ3) is 5.31. The molecule has 8 nitrogen and oxygen atoms in total. The number of aromatic nitrogens is 3. The van der Waals surface area contributed by atoms with E-state index in [1.54, 1.807) is 13.3 Å². The van der Waals surface area contributed by atoms with Gasteiger partial charge in [-0.25, -0.2) is 14.5 Å². The highest BCUT2D eigenvalue weighted by atomic mass is 16.5. The number of methoxy groups -OCH3 is 1. The monoisotopic (exact) mass is 568 g/mol. The summed E-state index contributed by atoms with van der Waals surface area (Å²) in [6.45, 7) is 0.320. The van der Waals surface area contributed by atoms with Gasteiger partial charge in [0.05, 0.1) is 23.6 Å². The van der Waals surface area contributed by atoms with Crippen LogP contribution in [0.25, 0.3) is 10.9 Å². The molecule has 0 radical (unpaired) electrons. The molecule has 1 atom stereocenters. The summed E-state index contributed by atoms with van der Waals surface area (Å²) in [4.78, 5) is 17.7. The minimum absolute atomic E-state index is 0.320. The van der Waals surface area contributed by atoms with Crippen molar-refractivity contribution in [2.24, 2.45) is 0 Å². The first kappa shape index (κ1) is 27.7. The summed E-state index contributed by atoms with van der Waals surface area (Å²) in [5.41, 5.74) is 10.3. The van der Waals surface area contributed by atoms with Crippen LogP contribution in [0.15, 0.2) is 134 Å². The number of pyridine rings is 1. The van der Waals surface area contributed by atoms with Gasteiger partial charge in [0, 0.05) is 19.4 Å². The number of carbonyl (C=O) groups excluding carboxylic acids is 1. The molecule has 6 rings (SSSR count). The number of hydrogen-bond acceptors (Lipinski definition) is 5. The van der Waals surface area contributed by atoms with E-state index >= 15 is 0 Å². The predicted octanol–water partition coefficient (Wildman–Crippen LogP) is 6.36. The molecular weight excluding hydrogens is 536 g/mol. The third-order valence-electron chi connectivity index (χ3n) is 7.57. The van der Waals surface area contributed by atoms with E-state index in [1.807, 2.05) is 95.7 Å². The van der Waals surface area contributed by atoms with E-state index in [9.17, 15) is 4.79 Å². The fraction of sp³-hybridized carbons (Fsp3) is 0.114. The summed E-state index contributed by atoms with van der Waals surface area (Å²) in [5, 5.41) is 11.5. The van der Waals surface area contributed by atoms with Crippen LogP contribution in [0, 0.1) is 0 Å². The molecule has 0 aliphatic heterocycles. The van der Waals surface area contributed by atoms with Crippen LogP contribution >= 0.6 is 0 Å². The van der Waals surface area contributed by atoms with E-state index in [0.717, 1.165) is 27.8 Å². The zero-order valence-corrected chi connectivity index (χ0v) is 23.7. The van der Waals surface area contributed by atoms with Crippen molar-refractivity contribution in [3.63, 3.8) is 0 Å². The van der Waals surface area contributed by atoms with Crippen LogP contribution in [0.1, 0.15) is 28.3 Å². The Hall–Kier alpha value is -5.47. The summed E-state index contributed by atoms with van der Waals surface area (Å²) >= 11 is 0. The van der Waals surface area contributed by atoms with Crippen molar-refractivity contribution in [1.82, 2.24) is 20.1 Å². The van der Waals surface area contributed by atoms with Gasteiger partial charge in [0.15, 0.2) is 5.82 Å². The minimum Gasteiger partial charge on any atom is -0.382 e. The number of rotatable bonds is 9. The van der Waals surface area contributed by atoms with Crippen molar-refractivity contribution in [3.05, 3.63) is 156 Å². The van der Waals surface area contributed by atoms with Crippen molar-refractivity contribution < 1.29 is 9.53 Å².